The predicted octanol–water partition coefficient (Wildman–Crippen LogP) is 7.03. The van der Waals surface area contributed by atoms with Gasteiger partial charge in [0.05, 0.1) is 17.2 Å². The third-order valence-corrected chi connectivity index (χ3v) is 7.28. The first-order valence-corrected chi connectivity index (χ1v) is 13.4. The molecular formula is C28H31N3O2S2. The Balaban J connectivity index is 1.69. The van der Waals surface area contributed by atoms with Crippen LogP contribution in [0.25, 0.3) is 23.0 Å². The second kappa shape index (κ2) is 11.7. The van der Waals surface area contributed by atoms with E-state index in [9.17, 15) is 4.79 Å². The van der Waals surface area contributed by atoms with Gasteiger partial charge in [0.2, 0.25) is 0 Å². The molecule has 5 nitrogen and oxygen atoms in total. The third-order valence-electron chi connectivity index (χ3n) is 5.91. The second-order valence-electron chi connectivity index (χ2n) is 8.52. The van der Waals surface area contributed by atoms with Gasteiger partial charge in [-0.15, -0.1) is 0 Å². The van der Waals surface area contributed by atoms with E-state index >= 15 is 0 Å². The molecule has 4 rings (SSSR count). The summed E-state index contributed by atoms with van der Waals surface area (Å²) in [5.74, 6) is 0.849. The Morgan fingerprint density at radius 2 is 1.89 bits per heavy atom. The molecule has 35 heavy (non-hydrogen) atoms. The highest BCUT2D eigenvalue weighted by Gasteiger charge is 2.32. The van der Waals surface area contributed by atoms with Crippen molar-refractivity contribution in [1.82, 2.24) is 14.7 Å². The summed E-state index contributed by atoms with van der Waals surface area (Å²) in [6, 6.07) is 16.1. The summed E-state index contributed by atoms with van der Waals surface area (Å²) >= 11 is 6.92. The van der Waals surface area contributed by atoms with Gasteiger partial charge in [-0.3, -0.25) is 9.69 Å². The molecule has 1 fully saturated rings. The molecule has 0 aliphatic carbocycles. The maximum Gasteiger partial charge on any atom is 0.266 e. The molecule has 2 heterocycles. The minimum atomic E-state index is -0.0159. The fourth-order valence-corrected chi connectivity index (χ4v) is 5.37. The van der Waals surface area contributed by atoms with Crippen LogP contribution in [0.3, 0.4) is 0 Å². The van der Waals surface area contributed by atoms with Crippen molar-refractivity contribution < 1.29 is 9.53 Å². The first-order valence-electron chi connectivity index (χ1n) is 12.2. The van der Waals surface area contributed by atoms with E-state index in [4.69, 9.17) is 22.1 Å². The molecule has 1 saturated heterocycles. The van der Waals surface area contributed by atoms with Crippen LogP contribution in [-0.4, -0.2) is 38.1 Å². The molecular weight excluding hydrogens is 474 g/mol. The number of aromatic nitrogens is 2. The molecule has 0 spiro atoms. The number of amides is 1. The van der Waals surface area contributed by atoms with Gasteiger partial charge in [0.25, 0.3) is 5.91 Å². The Morgan fingerprint density at radius 3 is 2.60 bits per heavy atom. The van der Waals surface area contributed by atoms with Crippen molar-refractivity contribution in [2.24, 2.45) is 0 Å². The van der Waals surface area contributed by atoms with Gasteiger partial charge < -0.3 is 4.74 Å². The number of ether oxygens (including phenoxy) is 1. The monoisotopic (exact) mass is 505 g/mol. The van der Waals surface area contributed by atoms with Gasteiger partial charge in [0.15, 0.2) is 0 Å². The Kier molecular flexibility index (Phi) is 8.42. The summed E-state index contributed by atoms with van der Waals surface area (Å²) in [6.45, 7) is 7.49. The van der Waals surface area contributed by atoms with Crippen LogP contribution < -0.4 is 4.74 Å². The third kappa shape index (κ3) is 5.85. The van der Waals surface area contributed by atoms with Crippen LogP contribution in [0.1, 0.15) is 50.7 Å². The number of aryl methyl sites for hydroxylation is 1. The zero-order valence-electron chi connectivity index (χ0n) is 20.5. The van der Waals surface area contributed by atoms with E-state index in [2.05, 4.69) is 13.0 Å². The first kappa shape index (κ1) is 25.2. The lowest BCUT2D eigenvalue weighted by Gasteiger charge is -2.13. The van der Waals surface area contributed by atoms with Gasteiger partial charge >= 0.3 is 0 Å². The number of benzene rings is 2. The standard InChI is InChI=1S/C28H31N3O2S2/c1-4-6-7-11-16-30-27(32)25(35-28(30)34)18-22-19-31(23-12-9-8-10-13-23)29-26(22)21-14-15-24(33-5-2)20(3)17-21/h8-10,12-15,17-19H,4-7,11,16H2,1-3H3/b25-18-. The highest BCUT2D eigenvalue weighted by Crippen LogP contribution is 2.36. The molecule has 1 aliphatic heterocycles. The van der Waals surface area contributed by atoms with Crippen molar-refractivity contribution in [1.29, 1.82) is 0 Å². The highest BCUT2D eigenvalue weighted by atomic mass is 32.2. The molecule has 0 saturated carbocycles. The number of carbonyl (C=O) groups is 1. The molecule has 2 aromatic carbocycles. The van der Waals surface area contributed by atoms with Gasteiger partial charge in [-0.1, -0.05) is 68.4 Å². The lowest BCUT2D eigenvalue weighted by atomic mass is 10.0. The van der Waals surface area contributed by atoms with E-state index in [-0.39, 0.29) is 5.91 Å². The second-order valence-corrected chi connectivity index (χ2v) is 10.2. The van der Waals surface area contributed by atoms with Gasteiger partial charge in [0, 0.05) is 23.9 Å². The molecule has 0 radical (unpaired) electrons. The fraction of sp³-hybridized carbons (Fsp3) is 0.321. The van der Waals surface area contributed by atoms with Crippen LogP contribution in [0, 0.1) is 6.92 Å². The van der Waals surface area contributed by atoms with Gasteiger partial charge in [-0.05, 0) is 62.2 Å². The van der Waals surface area contributed by atoms with E-state index in [1.807, 2.05) is 73.3 Å². The number of thiocarbonyl (C=S) groups is 1. The number of nitrogens with zero attached hydrogens (tertiary/aromatic N) is 3. The smallest absolute Gasteiger partial charge is 0.266 e. The van der Waals surface area contributed by atoms with Crippen LogP contribution in [-0.2, 0) is 4.79 Å². The topological polar surface area (TPSA) is 47.4 Å². The van der Waals surface area contributed by atoms with E-state index in [0.717, 1.165) is 53.1 Å². The maximum absolute atomic E-state index is 13.2. The number of rotatable bonds is 10. The summed E-state index contributed by atoms with van der Waals surface area (Å²) in [7, 11) is 0. The van der Waals surface area contributed by atoms with E-state index < -0.39 is 0 Å². The molecule has 3 aromatic rings. The van der Waals surface area contributed by atoms with Crippen molar-refractivity contribution >= 4 is 40.3 Å². The van der Waals surface area contributed by atoms with Gasteiger partial charge in [-0.25, -0.2) is 4.68 Å². The molecule has 182 valence electrons. The summed E-state index contributed by atoms with van der Waals surface area (Å²) in [5, 5.41) is 4.91. The first-order chi connectivity index (χ1) is 17.0. The van der Waals surface area contributed by atoms with Crippen LogP contribution >= 0.6 is 24.0 Å². The molecule has 7 heteroatoms. The SMILES string of the molecule is CCCCCCN1C(=O)/C(=C/c2cn(-c3ccccc3)nc2-c2ccc(OCC)c(C)c2)SC1=S. The maximum atomic E-state index is 13.2. The summed E-state index contributed by atoms with van der Waals surface area (Å²) in [5.41, 5.74) is 4.67. The Labute approximate surface area is 217 Å². The molecule has 1 amide bonds. The van der Waals surface area contributed by atoms with Gasteiger partial charge in [-0.2, -0.15) is 5.10 Å². The number of para-hydroxylation sites is 1. The molecule has 0 unspecified atom stereocenters. The van der Waals surface area contributed by atoms with Crippen LogP contribution in [0.5, 0.6) is 5.75 Å². The number of hydrogen-bond acceptors (Lipinski definition) is 5. The zero-order chi connectivity index (χ0) is 24.8. The van der Waals surface area contributed by atoms with Crippen molar-refractivity contribution in [2.75, 3.05) is 13.2 Å². The molecule has 1 aromatic heterocycles. The fourth-order valence-electron chi connectivity index (χ4n) is 4.08. The minimum absolute atomic E-state index is 0.0159. The van der Waals surface area contributed by atoms with E-state index in [0.29, 0.717) is 22.4 Å². The molecule has 1 aliphatic rings. The molecule has 0 atom stereocenters. The summed E-state index contributed by atoms with van der Waals surface area (Å²) in [6.07, 6.45) is 8.32. The number of hydrogen-bond donors (Lipinski definition) is 0. The van der Waals surface area contributed by atoms with Crippen molar-refractivity contribution in [3.05, 3.63) is 70.8 Å². The zero-order valence-corrected chi connectivity index (χ0v) is 22.1. The highest BCUT2D eigenvalue weighted by molar-refractivity contribution is 8.26. The molecule has 0 bridgehead atoms. The van der Waals surface area contributed by atoms with E-state index in [1.54, 1.807) is 4.90 Å². The van der Waals surface area contributed by atoms with Crippen LogP contribution in [0.4, 0.5) is 0 Å². The predicted molar refractivity (Wildman–Crippen MR) is 149 cm³/mol. The van der Waals surface area contributed by atoms with Crippen molar-refractivity contribution in [3.63, 3.8) is 0 Å². The van der Waals surface area contributed by atoms with Crippen LogP contribution in [0.15, 0.2) is 59.6 Å². The largest absolute Gasteiger partial charge is 0.494 e. The Morgan fingerprint density at radius 1 is 1.09 bits per heavy atom. The van der Waals surface area contributed by atoms with Crippen LogP contribution in [0.2, 0.25) is 0 Å². The minimum Gasteiger partial charge on any atom is -0.494 e. The number of carbonyl (C=O) groups excluding carboxylic acids is 1. The van der Waals surface area contributed by atoms with E-state index in [1.165, 1.54) is 18.2 Å². The number of unbranched alkanes of at least 4 members (excludes halogenated alkanes) is 3. The van der Waals surface area contributed by atoms with Crippen molar-refractivity contribution in [3.8, 4) is 22.7 Å². The lowest BCUT2D eigenvalue weighted by molar-refractivity contribution is -0.122. The Bertz CT molecular complexity index is 1230. The lowest BCUT2D eigenvalue weighted by Crippen LogP contribution is -2.29. The average molecular weight is 506 g/mol. The average Bonchev–Trinajstić information content (AvgIpc) is 3.40. The summed E-state index contributed by atoms with van der Waals surface area (Å²) < 4.78 is 8.21. The molecule has 0 N–H and O–H groups in total. The Hall–Kier alpha value is -2.90. The van der Waals surface area contributed by atoms with Crippen molar-refractivity contribution in [2.45, 2.75) is 46.5 Å². The summed E-state index contributed by atoms with van der Waals surface area (Å²) in [4.78, 5) is 15.6. The quantitative estimate of drug-likeness (QED) is 0.168. The number of thioether (sulfide) groups is 1. The van der Waals surface area contributed by atoms with Gasteiger partial charge in [0.1, 0.15) is 15.8 Å². The normalized spacial score (nSPS) is 14.8.